The second kappa shape index (κ2) is 5.29. The van der Waals surface area contributed by atoms with Gasteiger partial charge in [-0.15, -0.1) is 0 Å². The van der Waals surface area contributed by atoms with Gasteiger partial charge in [-0.3, -0.25) is 4.90 Å². The van der Waals surface area contributed by atoms with E-state index in [0.29, 0.717) is 17.3 Å². The van der Waals surface area contributed by atoms with Crippen molar-refractivity contribution in [1.82, 2.24) is 24.5 Å². The molecule has 0 atom stereocenters. The minimum absolute atomic E-state index is 0.553. The Hall–Kier alpha value is -1.80. The van der Waals surface area contributed by atoms with Gasteiger partial charge < -0.3 is 10.6 Å². The number of hydrogen-bond acceptors (Lipinski definition) is 6. The van der Waals surface area contributed by atoms with Crippen LogP contribution in [0.5, 0.6) is 0 Å². The largest absolute Gasteiger partial charge is 0.392 e. The van der Waals surface area contributed by atoms with Crippen LogP contribution in [0.25, 0.3) is 5.78 Å². The SMILES string of the molecule is Cc1cc(N2CCN(CC(N)=S)CC2)n2ncnc2n1. The molecule has 20 heavy (non-hydrogen) atoms. The van der Waals surface area contributed by atoms with Crippen molar-refractivity contribution in [2.75, 3.05) is 37.6 Å². The van der Waals surface area contributed by atoms with Crippen LogP contribution in [-0.4, -0.2) is 62.2 Å². The van der Waals surface area contributed by atoms with E-state index in [1.165, 1.54) is 6.33 Å². The zero-order valence-electron chi connectivity index (χ0n) is 11.4. The monoisotopic (exact) mass is 291 g/mol. The molecule has 0 unspecified atom stereocenters. The molecule has 2 aromatic rings. The van der Waals surface area contributed by atoms with Crippen LogP contribution < -0.4 is 10.6 Å². The third kappa shape index (κ3) is 2.56. The predicted molar refractivity (Wildman–Crippen MR) is 81.0 cm³/mol. The van der Waals surface area contributed by atoms with Crippen LogP contribution in [0.2, 0.25) is 0 Å². The number of aromatic nitrogens is 4. The maximum absolute atomic E-state index is 5.59. The molecule has 2 aromatic heterocycles. The van der Waals surface area contributed by atoms with Crippen molar-refractivity contribution in [3.63, 3.8) is 0 Å². The van der Waals surface area contributed by atoms with E-state index in [1.54, 1.807) is 4.52 Å². The lowest BCUT2D eigenvalue weighted by Crippen LogP contribution is -2.49. The summed E-state index contributed by atoms with van der Waals surface area (Å²) in [4.78, 5) is 13.6. The summed E-state index contributed by atoms with van der Waals surface area (Å²) in [5, 5.41) is 4.25. The lowest BCUT2D eigenvalue weighted by Gasteiger charge is -2.35. The first-order valence-electron chi connectivity index (χ1n) is 6.56. The van der Waals surface area contributed by atoms with Gasteiger partial charge in [-0.25, -0.2) is 4.98 Å². The van der Waals surface area contributed by atoms with E-state index in [-0.39, 0.29) is 0 Å². The second-order valence-corrected chi connectivity index (χ2v) is 5.48. The fraction of sp³-hybridized carbons (Fsp3) is 0.500. The van der Waals surface area contributed by atoms with Gasteiger partial charge in [0.2, 0.25) is 0 Å². The van der Waals surface area contributed by atoms with Crippen molar-refractivity contribution < 1.29 is 0 Å². The predicted octanol–water partition coefficient (Wildman–Crippen LogP) is -0.159. The van der Waals surface area contributed by atoms with Crippen LogP contribution in [0, 0.1) is 6.92 Å². The summed E-state index contributed by atoms with van der Waals surface area (Å²) in [6.45, 7) is 6.38. The molecule has 2 N–H and O–H groups in total. The van der Waals surface area contributed by atoms with Crippen molar-refractivity contribution in [3.8, 4) is 0 Å². The molecule has 0 amide bonds. The normalized spacial score (nSPS) is 16.8. The standard InChI is InChI=1S/C12H17N7S/c1-9-6-11(19-12(16-9)14-8-15-19)18-4-2-17(3-5-18)7-10(13)20/h6,8H,2-5,7H2,1H3,(H2,13,20). The van der Waals surface area contributed by atoms with E-state index in [2.05, 4.69) is 24.9 Å². The van der Waals surface area contributed by atoms with Gasteiger partial charge in [0, 0.05) is 44.5 Å². The van der Waals surface area contributed by atoms with Gasteiger partial charge in [-0.2, -0.15) is 14.6 Å². The molecule has 1 saturated heterocycles. The molecule has 1 aliphatic heterocycles. The van der Waals surface area contributed by atoms with Gasteiger partial charge >= 0.3 is 0 Å². The van der Waals surface area contributed by atoms with Crippen molar-refractivity contribution in [2.45, 2.75) is 6.92 Å². The van der Waals surface area contributed by atoms with Crippen molar-refractivity contribution in [3.05, 3.63) is 18.1 Å². The van der Waals surface area contributed by atoms with Crippen molar-refractivity contribution in [2.24, 2.45) is 5.73 Å². The average Bonchev–Trinajstić information content (AvgIpc) is 2.86. The molecule has 0 saturated carbocycles. The highest BCUT2D eigenvalue weighted by atomic mass is 32.1. The molecule has 1 fully saturated rings. The number of nitrogens with two attached hydrogens (primary N) is 1. The van der Waals surface area contributed by atoms with E-state index in [9.17, 15) is 0 Å². The van der Waals surface area contributed by atoms with Crippen LogP contribution in [0.3, 0.4) is 0 Å². The van der Waals surface area contributed by atoms with Crippen LogP contribution in [0.1, 0.15) is 5.69 Å². The summed E-state index contributed by atoms with van der Waals surface area (Å²) < 4.78 is 1.79. The minimum atomic E-state index is 0.553. The Balaban J connectivity index is 1.79. The fourth-order valence-corrected chi connectivity index (χ4v) is 2.67. The number of anilines is 1. The average molecular weight is 291 g/mol. The number of rotatable bonds is 3. The molecule has 0 aromatic carbocycles. The second-order valence-electron chi connectivity index (χ2n) is 4.96. The Bertz CT molecular complexity index is 630. The lowest BCUT2D eigenvalue weighted by atomic mass is 10.3. The van der Waals surface area contributed by atoms with E-state index < -0.39 is 0 Å². The number of piperazine rings is 1. The maximum atomic E-state index is 5.59. The summed E-state index contributed by atoms with van der Waals surface area (Å²) >= 11 is 4.96. The van der Waals surface area contributed by atoms with Gasteiger partial charge in [0.1, 0.15) is 12.1 Å². The fourth-order valence-electron chi connectivity index (χ4n) is 2.49. The number of aryl methyl sites for hydroxylation is 1. The molecule has 7 nitrogen and oxygen atoms in total. The molecule has 0 radical (unpaired) electrons. The highest BCUT2D eigenvalue weighted by molar-refractivity contribution is 7.80. The minimum Gasteiger partial charge on any atom is -0.392 e. The smallest absolute Gasteiger partial charge is 0.254 e. The Morgan fingerprint density at radius 3 is 2.80 bits per heavy atom. The summed E-state index contributed by atoms with van der Waals surface area (Å²) in [5.41, 5.74) is 6.55. The Morgan fingerprint density at radius 2 is 2.10 bits per heavy atom. The summed E-state index contributed by atoms with van der Waals surface area (Å²) in [7, 11) is 0. The third-order valence-corrected chi connectivity index (χ3v) is 3.57. The van der Waals surface area contributed by atoms with Gasteiger partial charge in [0.25, 0.3) is 5.78 Å². The molecular weight excluding hydrogens is 274 g/mol. The maximum Gasteiger partial charge on any atom is 0.254 e. The number of thiocarbonyl (C=S) groups is 1. The van der Waals surface area contributed by atoms with Crippen LogP contribution >= 0.6 is 12.2 Å². The van der Waals surface area contributed by atoms with Crippen LogP contribution in [0.15, 0.2) is 12.4 Å². The third-order valence-electron chi connectivity index (χ3n) is 3.44. The van der Waals surface area contributed by atoms with E-state index in [4.69, 9.17) is 18.0 Å². The highest BCUT2D eigenvalue weighted by Crippen LogP contribution is 2.17. The summed E-state index contributed by atoms with van der Waals surface area (Å²) in [5.74, 6) is 1.69. The topological polar surface area (TPSA) is 75.6 Å². The zero-order chi connectivity index (χ0) is 14.1. The molecular formula is C12H17N7S. The van der Waals surface area contributed by atoms with E-state index in [0.717, 1.165) is 37.7 Å². The molecule has 1 aliphatic rings. The lowest BCUT2D eigenvalue weighted by molar-refractivity contribution is 0.291. The molecule has 8 heteroatoms. The van der Waals surface area contributed by atoms with Gasteiger partial charge in [0.05, 0.1) is 4.99 Å². The number of hydrogen-bond donors (Lipinski definition) is 1. The Labute approximate surface area is 122 Å². The molecule has 0 bridgehead atoms. The molecule has 0 aliphatic carbocycles. The Morgan fingerprint density at radius 1 is 1.35 bits per heavy atom. The highest BCUT2D eigenvalue weighted by Gasteiger charge is 2.20. The van der Waals surface area contributed by atoms with Crippen LogP contribution in [-0.2, 0) is 0 Å². The molecule has 3 rings (SSSR count). The summed E-state index contributed by atoms with van der Waals surface area (Å²) in [6, 6.07) is 2.05. The van der Waals surface area contributed by atoms with E-state index >= 15 is 0 Å². The molecule has 106 valence electrons. The quantitative estimate of drug-likeness (QED) is 0.788. The van der Waals surface area contributed by atoms with Gasteiger partial charge in [-0.1, -0.05) is 12.2 Å². The van der Waals surface area contributed by atoms with Crippen molar-refractivity contribution in [1.29, 1.82) is 0 Å². The molecule has 3 heterocycles. The number of nitrogens with zero attached hydrogens (tertiary/aromatic N) is 6. The van der Waals surface area contributed by atoms with Crippen molar-refractivity contribution >= 4 is 28.8 Å². The zero-order valence-corrected chi connectivity index (χ0v) is 12.2. The van der Waals surface area contributed by atoms with Crippen LogP contribution in [0.4, 0.5) is 5.82 Å². The number of fused-ring (bicyclic) bond motifs is 1. The first-order chi connectivity index (χ1) is 9.63. The van der Waals surface area contributed by atoms with Gasteiger partial charge in [-0.05, 0) is 6.92 Å². The first-order valence-corrected chi connectivity index (χ1v) is 6.97. The molecule has 0 spiro atoms. The van der Waals surface area contributed by atoms with Gasteiger partial charge in [0.15, 0.2) is 0 Å². The summed E-state index contributed by atoms with van der Waals surface area (Å²) in [6.07, 6.45) is 1.54. The Kier molecular flexibility index (Phi) is 3.49. The van der Waals surface area contributed by atoms with E-state index in [1.807, 2.05) is 13.0 Å². The first kappa shape index (κ1) is 13.2.